The third kappa shape index (κ3) is 1.86. The number of hydrogen-bond acceptors (Lipinski definition) is 5. The highest BCUT2D eigenvalue weighted by molar-refractivity contribution is 7.09. The maximum absolute atomic E-state index is 4.99. The zero-order chi connectivity index (χ0) is 9.10. The number of nitrogens with one attached hydrogen (secondary N) is 1. The molecular formula is C8H9N3OS. The van der Waals surface area contributed by atoms with E-state index in [-0.39, 0.29) is 6.04 Å². The van der Waals surface area contributed by atoms with Crippen LogP contribution in [0, 0.1) is 0 Å². The highest BCUT2D eigenvalue weighted by Gasteiger charge is 2.06. The number of anilines is 1. The van der Waals surface area contributed by atoms with E-state index in [2.05, 4.69) is 21.8 Å². The van der Waals surface area contributed by atoms with Gasteiger partial charge < -0.3 is 9.73 Å². The Balaban J connectivity index is 2.04. The number of furan rings is 1. The average Bonchev–Trinajstić information content (AvgIpc) is 2.74. The van der Waals surface area contributed by atoms with Gasteiger partial charge in [0.25, 0.3) is 0 Å². The molecule has 0 aliphatic carbocycles. The van der Waals surface area contributed by atoms with Crippen LogP contribution < -0.4 is 5.32 Å². The van der Waals surface area contributed by atoms with E-state index >= 15 is 0 Å². The molecule has 0 spiro atoms. The van der Waals surface area contributed by atoms with Gasteiger partial charge in [0.2, 0.25) is 0 Å². The summed E-state index contributed by atoms with van der Waals surface area (Å²) in [6.45, 7) is 2.06. The summed E-state index contributed by atoms with van der Waals surface area (Å²) in [6.07, 6.45) is 5.10. The highest BCUT2D eigenvalue weighted by atomic mass is 32.1. The van der Waals surface area contributed by atoms with E-state index in [1.807, 2.05) is 6.07 Å². The Bertz CT molecular complexity index is 343. The lowest BCUT2D eigenvalue weighted by molar-refractivity contribution is 0.562. The summed E-state index contributed by atoms with van der Waals surface area (Å²) in [4.78, 5) is 0. The molecule has 0 saturated heterocycles. The van der Waals surface area contributed by atoms with Crippen LogP contribution in [-0.2, 0) is 0 Å². The van der Waals surface area contributed by atoms with Gasteiger partial charge in [0.15, 0.2) is 0 Å². The number of hydrogen-bond donors (Lipinski definition) is 1. The normalized spacial score (nSPS) is 12.7. The van der Waals surface area contributed by atoms with Gasteiger partial charge in [-0.25, -0.2) is 0 Å². The molecule has 5 heteroatoms. The van der Waals surface area contributed by atoms with Crippen LogP contribution in [-0.4, -0.2) is 9.59 Å². The molecule has 68 valence electrons. The van der Waals surface area contributed by atoms with Crippen molar-refractivity contribution >= 4 is 16.5 Å². The van der Waals surface area contributed by atoms with Crippen LogP contribution in [0.1, 0.15) is 18.5 Å². The Morgan fingerprint density at radius 1 is 1.62 bits per heavy atom. The fourth-order valence-corrected chi connectivity index (χ4v) is 1.55. The van der Waals surface area contributed by atoms with Gasteiger partial charge in [-0.05, 0) is 13.0 Å². The lowest BCUT2D eigenvalue weighted by atomic mass is 10.2. The molecule has 1 atom stereocenters. The van der Waals surface area contributed by atoms with Crippen molar-refractivity contribution in [3.05, 3.63) is 30.4 Å². The van der Waals surface area contributed by atoms with Gasteiger partial charge in [-0.15, -0.1) is 5.10 Å². The Hall–Kier alpha value is -1.36. The molecule has 13 heavy (non-hydrogen) atoms. The maximum Gasteiger partial charge on any atom is 0.130 e. The van der Waals surface area contributed by atoms with Gasteiger partial charge in [0, 0.05) is 17.1 Å². The van der Waals surface area contributed by atoms with E-state index in [1.165, 1.54) is 11.5 Å². The predicted molar refractivity (Wildman–Crippen MR) is 50.7 cm³/mol. The number of rotatable bonds is 3. The predicted octanol–water partition coefficient (Wildman–Crippen LogP) is 2.30. The summed E-state index contributed by atoms with van der Waals surface area (Å²) < 4.78 is 8.75. The second-order valence-electron chi connectivity index (χ2n) is 2.70. The van der Waals surface area contributed by atoms with Gasteiger partial charge in [-0.3, -0.25) is 0 Å². The Kier molecular flexibility index (Phi) is 2.27. The minimum absolute atomic E-state index is 0.223. The van der Waals surface area contributed by atoms with Crippen LogP contribution in [0.3, 0.4) is 0 Å². The molecular weight excluding hydrogens is 186 g/mol. The van der Waals surface area contributed by atoms with E-state index in [1.54, 1.807) is 18.7 Å². The molecule has 0 bridgehead atoms. The van der Waals surface area contributed by atoms with Crippen molar-refractivity contribution in [2.75, 3.05) is 5.32 Å². The third-order valence-corrected chi connectivity index (χ3v) is 2.36. The largest absolute Gasteiger partial charge is 0.472 e. The summed E-state index contributed by atoms with van der Waals surface area (Å²) >= 11 is 1.35. The second kappa shape index (κ2) is 3.57. The molecule has 1 unspecified atom stereocenters. The SMILES string of the molecule is CC(Nc1cnns1)c1ccoc1. The summed E-state index contributed by atoms with van der Waals surface area (Å²) in [6, 6.07) is 2.16. The fourth-order valence-electron chi connectivity index (χ4n) is 1.05. The topological polar surface area (TPSA) is 51.0 Å². The molecule has 1 N–H and O–H groups in total. The monoisotopic (exact) mass is 195 g/mol. The van der Waals surface area contributed by atoms with Crippen LogP contribution in [0.15, 0.2) is 29.2 Å². The number of aromatic nitrogens is 2. The zero-order valence-corrected chi connectivity index (χ0v) is 7.91. The summed E-state index contributed by atoms with van der Waals surface area (Å²) in [5, 5.41) is 7.96. The van der Waals surface area contributed by atoms with Crippen molar-refractivity contribution in [1.82, 2.24) is 9.59 Å². The van der Waals surface area contributed by atoms with Crippen molar-refractivity contribution in [2.24, 2.45) is 0 Å². The van der Waals surface area contributed by atoms with Gasteiger partial charge in [-0.1, -0.05) is 4.49 Å². The first-order valence-electron chi connectivity index (χ1n) is 3.92. The first-order chi connectivity index (χ1) is 6.36. The number of nitrogens with zero attached hydrogens (tertiary/aromatic N) is 2. The molecule has 2 heterocycles. The van der Waals surface area contributed by atoms with E-state index < -0.39 is 0 Å². The minimum Gasteiger partial charge on any atom is -0.472 e. The lowest BCUT2D eigenvalue weighted by Gasteiger charge is -2.09. The summed E-state index contributed by atoms with van der Waals surface area (Å²) in [5.41, 5.74) is 1.12. The quantitative estimate of drug-likeness (QED) is 0.816. The van der Waals surface area contributed by atoms with E-state index in [0.717, 1.165) is 10.6 Å². The molecule has 0 amide bonds. The Morgan fingerprint density at radius 3 is 3.15 bits per heavy atom. The molecule has 0 aromatic carbocycles. The summed E-state index contributed by atoms with van der Waals surface area (Å²) in [5.74, 6) is 0. The van der Waals surface area contributed by atoms with Crippen LogP contribution in [0.4, 0.5) is 5.00 Å². The fraction of sp³-hybridized carbons (Fsp3) is 0.250. The smallest absolute Gasteiger partial charge is 0.130 e. The molecule has 2 aromatic heterocycles. The van der Waals surface area contributed by atoms with Crippen molar-refractivity contribution < 1.29 is 4.42 Å². The summed E-state index contributed by atoms with van der Waals surface area (Å²) in [7, 11) is 0. The molecule has 0 radical (unpaired) electrons. The molecule has 0 aliphatic heterocycles. The first kappa shape index (κ1) is 8.25. The van der Waals surface area contributed by atoms with E-state index in [4.69, 9.17) is 4.42 Å². The first-order valence-corrected chi connectivity index (χ1v) is 4.69. The zero-order valence-electron chi connectivity index (χ0n) is 7.10. The van der Waals surface area contributed by atoms with E-state index in [9.17, 15) is 0 Å². The highest BCUT2D eigenvalue weighted by Crippen LogP contribution is 2.20. The van der Waals surface area contributed by atoms with Crippen molar-refractivity contribution in [1.29, 1.82) is 0 Å². The van der Waals surface area contributed by atoms with Gasteiger partial charge >= 0.3 is 0 Å². The van der Waals surface area contributed by atoms with Crippen LogP contribution in [0.2, 0.25) is 0 Å². The lowest BCUT2D eigenvalue weighted by Crippen LogP contribution is -2.03. The van der Waals surface area contributed by atoms with Crippen molar-refractivity contribution in [3.63, 3.8) is 0 Å². The second-order valence-corrected chi connectivity index (χ2v) is 3.49. The molecule has 2 aromatic rings. The molecule has 0 saturated carbocycles. The molecule has 4 nitrogen and oxygen atoms in total. The van der Waals surface area contributed by atoms with Crippen LogP contribution in [0.5, 0.6) is 0 Å². The maximum atomic E-state index is 4.99. The van der Waals surface area contributed by atoms with Crippen LogP contribution in [0.25, 0.3) is 0 Å². The molecule has 0 aliphatic rings. The molecule has 2 rings (SSSR count). The van der Waals surface area contributed by atoms with E-state index in [0.29, 0.717) is 0 Å². The Morgan fingerprint density at radius 2 is 2.54 bits per heavy atom. The van der Waals surface area contributed by atoms with Crippen LogP contribution >= 0.6 is 11.5 Å². The minimum atomic E-state index is 0.223. The van der Waals surface area contributed by atoms with Crippen molar-refractivity contribution in [3.8, 4) is 0 Å². The Labute approximate surface area is 79.8 Å². The van der Waals surface area contributed by atoms with Gasteiger partial charge in [0.1, 0.15) is 5.00 Å². The van der Waals surface area contributed by atoms with Crippen molar-refractivity contribution in [2.45, 2.75) is 13.0 Å². The van der Waals surface area contributed by atoms with Gasteiger partial charge in [0.05, 0.1) is 24.8 Å². The third-order valence-electron chi connectivity index (χ3n) is 1.76. The molecule has 0 fully saturated rings. The average molecular weight is 195 g/mol. The standard InChI is InChI=1S/C8H9N3OS/c1-6(7-2-3-12-5-7)10-8-4-9-11-13-8/h2-6,10H,1H3. The van der Waals surface area contributed by atoms with Gasteiger partial charge in [-0.2, -0.15) is 0 Å².